The summed E-state index contributed by atoms with van der Waals surface area (Å²) < 4.78 is 0. The van der Waals surface area contributed by atoms with Gasteiger partial charge in [0.25, 0.3) is 0 Å². The van der Waals surface area contributed by atoms with Crippen LogP contribution >= 0.6 is 0 Å². The number of anilines is 1. The highest BCUT2D eigenvalue weighted by Crippen LogP contribution is 2.33. The number of benzene rings is 1. The Morgan fingerprint density at radius 2 is 2.00 bits per heavy atom. The number of nitrogens with one attached hydrogen (secondary N) is 1. The highest BCUT2D eigenvalue weighted by atomic mass is 16.2. The van der Waals surface area contributed by atoms with E-state index in [1.54, 1.807) is 12.1 Å². The molecule has 0 saturated heterocycles. The Hall–Kier alpha value is -2.53. The second-order valence-electron chi connectivity index (χ2n) is 5.87. The molecule has 1 aliphatic carbocycles. The van der Waals surface area contributed by atoms with E-state index in [4.69, 9.17) is 5.26 Å². The summed E-state index contributed by atoms with van der Waals surface area (Å²) in [4.78, 5) is 14.5. The number of nitrogens with zero attached hydrogens (tertiary/aromatic N) is 3. The zero-order valence-corrected chi connectivity index (χ0v) is 13.7. The van der Waals surface area contributed by atoms with E-state index in [1.165, 1.54) is 12.8 Å². The van der Waals surface area contributed by atoms with Crippen LogP contribution in [0.3, 0.4) is 0 Å². The van der Waals surface area contributed by atoms with Crippen LogP contribution in [0.25, 0.3) is 0 Å². The van der Waals surface area contributed by atoms with E-state index in [2.05, 4.69) is 16.3 Å². The van der Waals surface area contributed by atoms with Gasteiger partial charge < -0.3 is 10.2 Å². The van der Waals surface area contributed by atoms with Crippen molar-refractivity contribution in [3.8, 4) is 12.1 Å². The van der Waals surface area contributed by atoms with Gasteiger partial charge in [-0.15, -0.1) is 0 Å². The summed E-state index contributed by atoms with van der Waals surface area (Å²) in [5.41, 5.74) is 1.57. The molecule has 5 nitrogen and oxygen atoms in total. The second kappa shape index (κ2) is 7.65. The van der Waals surface area contributed by atoms with Crippen molar-refractivity contribution < 1.29 is 4.79 Å². The van der Waals surface area contributed by atoms with Crippen molar-refractivity contribution in [2.24, 2.45) is 5.92 Å². The minimum atomic E-state index is -0.255. The molecule has 5 heteroatoms. The molecule has 1 aromatic rings. The minimum Gasteiger partial charge on any atom is -0.359 e. The van der Waals surface area contributed by atoms with Crippen molar-refractivity contribution in [1.82, 2.24) is 5.32 Å². The number of hydrogen-bond acceptors (Lipinski definition) is 4. The summed E-state index contributed by atoms with van der Waals surface area (Å²) in [6, 6.07) is 9.08. The first-order valence-electron chi connectivity index (χ1n) is 8.13. The highest BCUT2D eigenvalue weighted by Gasteiger charge is 2.31. The van der Waals surface area contributed by atoms with Gasteiger partial charge in [-0.1, -0.05) is 6.92 Å². The van der Waals surface area contributed by atoms with Gasteiger partial charge in [0.15, 0.2) is 0 Å². The Morgan fingerprint density at radius 1 is 1.30 bits per heavy atom. The summed E-state index contributed by atoms with van der Waals surface area (Å²) in [7, 11) is 0. The van der Waals surface area contributed by atoms with E-state index in [1.807, 2.05) is 26.0 Å². The lowest BCUT2D eigenvalue weighted by atomic mass is 10.1. The molecule has 1 N–H and O–H groups in total. The molecule has 1 amide bonds. The van der Waals surface area contributed by atoms with Crippen LogP contribution in [0, 0.1) is 28.6 Å². The van der Waals surface area contributed by atoms with E-state index in [0.717, 1.165) is 12.2 Å². The van der Waals surface area contributed by atoms with Crippen LogP contribution in [0.4, 0.5) is 5.69 Å². The number of carbonyl (C=O) groups excluding carboxylic acids is 1. The Morgan fingerprint density at radius 3 is 2.52 bits per heavy atom. The zero-order valence-electron chi connectivity index (χ0n) is 13.7. The van der Waals surface area contributed by atoms with E-state index in [9.17, 15) is 10.1 Å². The van der Waals surface area contributed by atoms with Gasteiger partial charge in [-0.3, -0.25) is 4.79 Å². The van der Waals surface area contributed by atoms with Crippen molar-refractivity contribution in [2.75, 3.05) is 18.0 Å². The molecule has 0 spiro atoms. The van der Waals surface area contributed by atoms with Crippen LogP contribution in [0.5, 0.6) is 0 Å². The molecule has 1 unspecified atom stereocenters. The van der Waals surface area contributed by atoms with Gasteiger partial charge in [0, 0.05) is 18.8 Å². The third-order valence-electron chi connectivity index (χ3n) is 4.14. The molecule has 1 fully saturated rings. The molecule has 0 bridgehead atoms. The molecule has 0 aliphatic heterocycles. The van der Waals surface area contributed by atoms with Crippen LogP contribution < -0.4 is 10.2 Å². The Balaban J connectivity index is 2.36. The largest absolute Gasteiger partial charge is 0.359 e. The molecule has 2 rings (SSSR count). The number of carbonyl (C=O) groups is 1. The van der Waals surface area contributed by atoms with Gasteiger partial charge in [-0.2, -0.15) is 10.5 Å². The monoisotopic (exact) mass is 310 g/mol. The predicted octanol–water partition coefficient (Wildman–Crippen LogP) is 2.56. The van der Waals surface area contributed by atoms with Crippen LogP contribution in [0.15, 0.2) is 18.2 Å². The SMILES string of the molecule is CCNC(=O)C(CC)N(CC1CC1)c1ccc(C#N)c(C#N)c1. The van der Waals surface area contributed by atoms with Crippen molar-refractivity contribution >= 4 is 11.6 Å². The number of rotatable bonds is 7. The summed E-state index contributed by atoms with van der Waals surface area (Å²) >= 11 is 0. The van der Waals surface area contributed by atoms with Crippen molar-refractivity contribution in [2.45, 2.75) is 39.2 Å². The fourth-order valence-electron chi connectivity index (χ4n) is 2.73. The number of hydrogen-bond donors (Lipinski definition) is 1. The Labute approximate surface area is 137 Å². The van der Waals surface area contributed by atoms with Gasteiger partial charge in [0.1, 0.15) is 18.2 Å². The van der Waals surface area contributed by atoms with Crippen LogP contribution in [-0.4, -0.2) is 25.0 Å². The van der Waals surface area contributed by atoms with Crippen LogP contribution in [-0.2, 0) is 4.79 Å². The second-order valence-corrected chi connectivity index (χ2v) is 5.87. The van der Waals surface area contributed by atoms with E-state index in [0.29, 0.717) is 30.0 Å². The Bertz CT molecular complexity index is 652. The fourth-order valence-corrected chi connectivity index (χ4v) is 2.73. The molecule has 0 radical (unpaired) electrons. The molecule has 1 saturated carbocycles. The lowest BCUT2D eigenvalue weighted by molar-refractivity contribution is -0.122. The summed E-state index contributed by atoms with van der Waals surface area (Å²) in [6.45, 7) is 5.32. The molecule has 1 atom stereocenters. The number of likely N-dealkylation sites (N-methyl/N-ethyl adjacent to an activating group) is 1. The first-order chi connectivity index (χ1) is 11.1. The fraction of sp³-hybridized carbons (Fsp3) is 0.500. The summed E-state index contributed by atoms with van der Waals surface area (Å²) in [5.74, 6) is 0.623. The van der Waals surface area contributed by atoms with Crippen molar-refractivity contribution in [1.29, 1.82) is 10.5 Å². The third-order valence-corrected chi connectivity index (χ3v) is 4.14. The van der Waals surface area contributed by atoms with E-state index in [-0.39, 0.29) is 11.9 Å². The molecule has 0 heterocycles. The molecular formula is C18H22N4O. The molecule has 1 aliphatic rings. The predicted molar refractivity (Wildman–Crippen MR) is 88.7 cm³/mol. The van der Waals surface area contributed by atoms with Gasteiger partial charge in [-0.05, 0) is 50.3 Å². The van der Waals surface area contributed by atoms with E-state index >= 15 is 0 Å². The molecule has 23 heavy (non-hydrogen) atoms. The average molecular weight is 310 g/mol. The topological polar surface area (TPSA) is 79.9 Å². The van der Waals surface area contributed by atoms with Gasteiger partial charge in [-0.25, -0.2) is 0 Å². The van der Waals surface area contributed by atoms with E-state index < -0.39 is 0 Å². The minimum absolute atomic E-state index is 0.0125. The highest BCUT2D eigenvalue weighted by molar-refractivity contribution is 5.85. The van der Waals surface area contributed by atoms with Crippen molar-refractivity contribution in [3.63, 3.8) is 0 Å². The molecule has 120 valence electrons. The maximum Gasteiger partial charge on any atom is 0.242 e. The quantitative estimate of drug-likeness (QED) is 0.839. The Kier molecular flexibility index (Phi) is 5.60. The average Bonchev–Trinajstić information content (AvgIpc) is 3.38. The number of amides is 1. The van der Waals surface area contributed by atoms with Gasteiger partial charge in [0.05, 0.1) is 11.1 Å². The normalized spacial score (nSPS) is 14.4. The first-order valence-corrected chi connectivity index (χ1v) is 8.13. The molecule has 1 aromatic carbocycles. The standard InChI is InChI=1S/C18H22N4O/c1-3-17(18(23)21-4-2)22(12-13-5-6-13)16-8-7-14(10-19)15(9-16)11-20/h7-9,13,17H,3-6,12H2,1-2H3,(H,21,23). The lowest BCUT2D eigenvalue weighted by Crippen LogP contribution is -2.47. The summed E-state index contributed by atoms with van der Waals surface area (Å²) in [6.07, 6.45) is 3.06. The summed E-state index contributed by atoms with van der Waals surface area (Å²) in [5, 5.41) is 21.2. The molecule has 0 aromatic heterocycles. The lowest BCUT2D eigenvalue weighted by Gasteiger charge is -2.32. The zero-order chi connectivity index (χ0) is 16.8. The number of nitriles is 2. The van der Waals surface area contributed by atoms with Crippen LogP contribution in [0.1, 0.15) is 44.2 Å². The third kappa shape index (κ3) is 4.02. The maximum atomic E-state index is 12.4. The van der Waals surface area contributed by atoms with Crippen LogP contribution in [0.2, 0.25) is 0 Å². The molecular weight excluding hydrogens is 288 g/mol. The van der Waals surface area contributed by atoms with Crippen molar-refractivity contribution in [3.05, 3.63) is 29.3 Å². The smallest absolute Gasteiger partial charge is 0.242 e. The van der Waals surface area contributed by atoms with Gasteiger partial charge >= 0.3 is 0 Å². The maximum absolute atomic E-state index is 12.4. The van der Waals surface area contributed by atoms with Gasteiger partial charge in [0.2, 0.25) is 5.91 Å². The first kappa shape index (κ1) is 16.8.